The lowest BCUT2D eigenvalue weighted by atomic mass is 10.3. The van der Waals surface area contributed by atoms with E-state index in [9.17, 15) is 0 Å². The predicted octanol–water partition coefficient (Wildman–Crippen LogP) is 2.64. The van der Waals surface area contributed by atoms with Crippen molar-refractivity contribution in [2.24, 2.45) is 0 Å². The lowest BCUT2D eigenvalue weighted by Crippen LogP contribution is -1.98. The van der Waals surface area contributed by atoms with Gasteiger partial charge in [0.2, 0.25) is 0 Å². The van der Waals surface area contributed by atoms with Crippen LogP contribution in [0, 0.1) is 0 Å². The molecule has 1 aromatic heterocycles. The molecule has 0 saturated carbocycles. The van der Waals surface area contributed by atoms with Gasteiger partial charge in [0.15, 0.2) is 0 Å². The van der Waals surface area contributed by atoms with Crippen LogP contribution in [0.3, 0.4) is 0 Å². The highest BCUT2D eigenvalue weighted by Gasteiger charge is 1.96. The van der Waals surface area contributed by atoms with E-state index in [2.05, 4.69) is 35.9 Å². The van der Waals surface area contributed by atoms with Gasteiger partial charge in [-0.15, -0.1) is 0 Å². The van der Waals surface area contributed by atoms with Gasteiger partial charge in [0, 0.05) is 12.7 Å². The van der Waals surface area contributed by atoms with Crippen molar-refractivity contribution in [3.8, 4) is 0 Å². The molecule has 0 unspecified atom stereocenters. The molecule has 1 rings (SSSR count). The summed E-state index contributed by atoms with van der Waals surface area (Å²) in [6.45, 7) is 5.46. The Bertz CT molecular complexity index is 215. The molecule has 0 radical (unpaired) electrons. The smallest absolute Gasteiger partial charge is 0.0624 e. The van der Waals surface area contributed by atoms with E-state index in [-0.39, 0.29) is 0 Å². The Morgan fingerprint density at radius 1 is 1.33 bits per heavy atom. The summed E-state index contributed by atoms with van der Waals surface area (Å²) in [5.41, 5.74) is 1.23. The fourth-order valence-corrected chi connectivity index (χ4v) is 1.24. The van der Waals surface area contributed by atoms with Crippen molar-refractivity contribution in [3.05, 3.63) is 18.0 Å². The number of aromatic nitrogens is 2. The number of hydrogen-bond donors (Lipinski definition) is 0. The van der Waals surface area contributed by atoms with Gasteiger partial charge in [-0.2, -0.15) is 5.10 Å². The van der Waals surface area contributed by atoms with E-state index in [1.54, 1.807) is 0 Å². The van der Waals surface area contributed by atoms with Gasteiger partial charge < -0.3 is 0 Å². The van der Waals surface area contributed by atoms with E-state index < -0.39 is 0 Å². The molecule has 0 aromatic carbocycles. The average Bonchev–Trinajstić information content (AvgIpc) is 2.50. The molecule has 0 aliphatic carbocycles. The summed E-state index contributed by atoms with van der Waals surface area (Å²) in [5, 5.41) is 4.45. The number of nitrogens with zero attached hydrogens (tertiary/aromatic N) is 2. The third kappa shape index (κ3) is 2.68. The zero-order valence-electron chi connectivity index (χ0n) is 8.08. The maximum Gasteiger partial charge on any atom is 0.0624 e. The van der Waals surface area contributed by atoms with Gasteiger partial charge in [0.1, 0.15) is 0 Å². The second-order valence-electron chi connectivity index (χ2n) is 3.17. The van der Waals surface area contributed by atoms with Gasteiger partial charge in [0.05, 0.1) is 5.69 Å². The SMILES string of the molecule is CCCCn1ccc(CCC)n1. The summed E-state index contributed by atoms with van der Waals surface area (Å²) in [6, 6.07) is 2.12. The van der Waals surface area contributed by atoms with E-state index >= 15 is 0 Å². The lowest BCUT2D eigenvalue weighted by Gasteiger charge is -1.97. The second-order valence-corrected chi connectivity index (χ2v) is 3.17. The minimum atomic E-state index is 1.07. The molecule has 1 heterocycles. The topological polar surface area (TPSA) is 17.8 Å². The fourth-order valence-electron chi connectivity index (χ4n) is 1.24. The van der Waals surface area contributed by atoms with E-state index in [0.717, 1.165) is 13.0 Å². The van der Waals surface area contributed by atoms with Crippen molar-refractivity contribution in [3.63, 3.8) is 0 Å². The average molecular weight is 166 g/mol. The number of unbranched alkanes of at least 4 members (excludes halogenated alkanes) is 1. The molecule has 0 aliphatic rings. The first-order chi connectivity index (χ1) is 5.86. The maximum absolute atomic E-state index is 4.45. The Labute approximate surface area is 74.6 Å². The van der Waals surface area contributed by atoms with Gasteiger partial charge in [-0.3, -0.25) is 4.68 Å². The Morgan fingerprint density at radius 2 is 2.17 bits per heavy atom. The Kier molecular flexibility index (Phi) is 3.85. The van der Waals surface area contributed by atoms with Crippen LogP contribution >= 0.6 is 0 Å². The van der Waals surface area contributed by atoms with E-state index in [4.69, 9.17) is 0 Å². The highest BCUT2D eigenvalue weighted by atomic mass is 15.3. The van der Waals surface area contributed by atoms with Crippen molar-refractivity contribution in [2.45, 2.75) is 46.1 Å². The summed E-state index contributed by atoms with van der Waals surface area (Å²) >= 11 is 0. The summed E-state index contributed by atoms with van der Waals surface area (Å²) in [5.74, 6) is 0. The number of hydrogen-bond acceptors (Lipinski definition) is 1. The number of rotatable bonds is 5. The van der Waals surface area contributed by atoms with Crippen molar-refractivity contribution in [2.75, 3.05) is 0 Å². The van der Waals surface area contributed by atoms with E-state index in [1.807, 2.05) is 0 Å². The highest BCUT2D eigenvalue weighted by molar-refractivity contribution is 4.98. The van der Waals surface area contributed by atoms with Crippen LogP contribution in [0.2, 0.25) is 0 Å². The van der Waals surface area contributed by atoms with Crippen LogP contribution in [0.25, 0.3) is 0 Å². The molecule has 12 heavy (non-hydrogen) atoms. The Morgan fingerprint density at radius 3 is 2.83 bits per heavy atom. The quantitative estimate of drug-likeness (QED) is 0.657. The molecule has 2 heteroatoms. The van der Waals surface area contributed by atoms with Crippen LogP contribution in [-0.2, 0) is 13.0 Å². The van der Waals surface area contributed by atoms with Gasteiger partial charge in [0.25, 0.3) is 0 Å². The first kappa shape index (κ1) is 9.30. The summed E-state index contributed by atoms with van der Waals surface area (Å²) in [4.78, 5) is 0. The third-order valence-corrected chi connectivity index (χ3v) is 1.94. The molecule has 68 valence electrons. The molecular formula is C10H18N2. The fraction of sp³-hybridized carbons (Fsp3) is 0.700. The van der Waals surface area contributed by atoms with Crippen molar-refractivity contribution in [1.29, 1.82) is 0 Å². The molecule has 0 spiro atoms. The van der Waals surface area contributed by atoms with Gasteiger partial charge in [-0.1, -0.05) is 26.7 Å². The van der Waals surface area contributed by atoms with Crippen LogP contribution in [0.4, 0.5) is 0 Å². The van der Waals surface area contributed by atoms with E-state index in [0.29, 0.717) is 0 Å². The molecule has 0 N–H and O–H groups in total. The van der Waals surface area contributed by atoms with Crippen molar-refractivity contribution in [1.82, 2.24) is 9.78 Å². The molecule has 0 fully saturated rings. The highest BCUT2D eigenvalue weighted by Crippen LogP contribution is 2.00. The van der Waals surface area contributed by atoms with Crippen molar-refractivity contribution >= 4 is 0 Å². The molecule has 0 aliphatic heterocycles. The van der Waals surface area contributed by atoms with Crippen LogP contribution in [0.1, 0.15) is 38.8 Å². The minimum absolute atomic E-state index is 1.07. The summed E-state index contributed by atoms with van der Waals surface area (Å²) < 4.78 is 2.05. The van der Waals surface area contributed by atoms with Crippen LogP contribution in [0.15, 0.2) is 12.3 Å². The largest absolute Gasteiger partial charge is 0.272 e. The van der Waals surface area contributed by atoms with Gasteiger partial charge in [-0.25, -0.2) is 0 Å². The van der Waals surface area contributed by atoms with Gasteiger partial charge >= 0.3 is 0 Å². The van der Waals surface area contributed by atoms with Crippen molar-refractivity contribution < 1.29 is 0 Å². The molecule has 0 amide bonds. The molecule has 0 atom stereocenters. The van der Waals surface area contributed by atoms with E-state index in [1.165, 1.54) is 25.0 Å². The Hall–Kier alpha value is -0.790. The first-order valence-corrected chi connectivity index (χ1v) is 4.89. The monoisotopic (exact) mass is 166 g/mol. The zero-order chi connectivity index (χ0) is 8.81. The lowest BCUT2D eigenvalue weighted by molar-refractivity contribution is 0.564. The molecule has 1 aromatic rings. The normalized spacial score (nSPS) is 10.5. The zero-order valence-corrected chi connectivity index (χ0v) is 8.08. The van der Waals surface area contributed by atoms with Crippen LogP contribution in [-0.4, -0.2) is 9.78 Å². The molecule has 2 nitrogen and oxygen atoms in total. The minimum Gasteiger partial charge on any atom is -0.272 e. The standard InChI is InChI=1S/C10H18N2/c1-3-5-8-12-9-7-10(11-12)6-4-2/h7,9H,3-6,8H2,1-2H3. The summed E-state index contributed by atoms with van der Waals surface area (Å²) in [7, 11) is 0. The Balaban J connectivity index is 2.41. The third-order valence-electron chi connectivity index (χ3n) is 1.94. The molecule has 0 bridgehead atoms. The number of aryl methyl sites for hydroxylation is 2. The van der Waals surface area contributed by atoms with Crippen LogP contribution in [0.5, 0.6) is 0 Å². The molecule has 0 saturated heterocycles. The summed E-state index contributed by atoms with van der Waals surface area (Å²) in [6.07, 6.45) is 6.85. The second kappa shape index (κ2) is 4.96. The molecular weight excluding hydrogens is 148 g/mol. The van der Waals surface area contributed by atoms with Crippen LogP contribution < -0.4 is 0 Å². The predicted molar refractivity (Wildman–Crippen MR) is 51.1 cm³/mol. The first-order valence-electron chi connectivity index (χ1n) is 4.89. The maximum atomic E-state index is 4.45. The van der Waals surface area contributed by atoms with Gasteiger partial charge in [-0.05, 0) is 18.9 Å².